The lowest BCUT2D eigenvalue weighted by Gasteiger charge is -2.16. The summed E-state index contributed by atoms with van der Waals surface area (Å²) in [7, 11) is -1.33. The van der Waals surface area contributed by atoms with Crippen LogP contribution in [0.1, 0.15) is 5.56 Å². The van der Waals surface area contributed by atoms with E-state index >= 15 is 0 Å². The van der Waals surface area contributed by atoms with Gasteiger partial charge in [0.15, 0.2) is 5.75 Å². The summed E-state index contributed by atoms with van der Waals surface area (Å²) in [5, 5.41) is 0. The first-order chi connectivity index (χ1) is 9.13. The number of alkyl halides is 3. The molecule has 0 unspecified atom stereocenters. The molecule has 0 bridgehead atoms. The van der Waals surface area contributed by atoms with Crippen LogP contribution in [-0.2, 0) is 11.0 Å². The van der Waals surface area contributed by atoms with Crippen molar-refractivity contribution in [1.29, 1.82) is 0 Å². The Morgan fingerprint density at radius 1 is 1.35 bits per heavy atom. The number of pyridine rings is 1. The van der Waals surface area contributed by atoms with Gasteiger partial charge in [-0.25, -0.2) is 4.98 Å². The van der Waals surface area contributed by atoms with E-state index in [1.165, 1.54) is 0 Å². The molecular formula is C12H16F3NO3Si. The number of hydrogen-bond acceptors (Lipinski definition) is 4. The zero-order chi connectivity index (χ0) is 15.4. The van der Waals surface area contributed by atoms with Crippen molar-refractivity contribution >= 4 is 14.5 Å². The van der Waals surface area contributed by atoms with Crippen LogP contribution in [0.5, 0.6) is 11.6 Å². The number of hydrogen-bond donors (Lipinski definition) is 0. The van der Waals surface area contributed by atoms with E-state index in [2.05, 4.69) is 29.4 Å². The first-order valence-corrected chi connectivity index (χ1v) is 9.64. The molecule has 1 aromatic rings. The summed E-state index contributed by atoms with van der Waals surface area (Å²) in [6, 6.07) is 1.55. The second kappa shape index (κ2) is 6.25. The minimum Gasteiger partial charge on any atom is -0.478 e. The normalized spacial score (nSPS) is 12.1. The Balaban J connectivity index is 2.87. The third kappa shape index (κ3) is 5.20. The van der Waals surface area contributed by atoms with Crippen LogP contribution in [0.2, 0.25) is 25.7 Å². The predicted molar refractivity (Wildman–Crippen MR) is 69.6 cm³/mol. The fourth-order valence-electron chi connectivity index (χ4n) is 1.33. The average Bonchev–Trinajstić information content (AvgIpc) is 2.28. The first-order valence-electron chi connectivity index (χ1n) is 5.94. The monoisotopic (exact) mass is 307 g/mol. The number of carbonyl (C=O) groups excluding carboxylic acids is 1. The SMILES string of the molecule is C[Si](C)(C)CCOc1cc(C(F)(F)F)c(OC=O)cn1. The van der Waals surface area contributed by atoms with E-state index < -0.39 is 25.6 Å². The van der Waals surface area contributed by atoms with Crippen LogP contribution in [0.25, 0.3) is 0 Å². The molecule has 0 aliphatic heterocycles. The molecule has 1 heterocycles. The van der Waals surface area contributed by atoms with Crippen LogP contribution < -0.4 is 9.47 Å². The smallest absolute Gasteiger partial charge is 0.420 e. The highest BCUT2D eigenvalue weighted by Crippen LogP contribution is 2.37. The summed E-state index contributed by atoms with van der Waals surface area (Å²) in [5.74, 6) is -0.765. The van der Waals surface area contributed by atoms with Gasteiger partial charge in [-0.1, -0.05) is 19.6 Å². The Morgan fingerprint density at radius 2 is 2.00 bits per heavy atom. The Hall–Kier alpha value is -1.57. The van der Waals surface area contributed by atoms with Gasteiger partial charge >= 0.3 is 6.18 Å². The molecule has 0 spiro atoms. The highest BCUT2D eigenvalue weighted by atomic mass is 28.3. The third-order valence-corrected chi connectivity index (χ3v) is 4.13. The second-order valence-electron chi connectivity index (χ2n) is 5.39. The molecule has 0 atom stereocenters. The standard InChI is InChI=1S/C12H16F3NO3Si/c1-20(2,3)5-4-18-11-6-9(12(13,14)15)10(7-16-11)19-8-17/h6-8H,4-5H2,1-3H3. The number of rotatable bonds is 6. The lowest BCUT2D eigenvalue weighted by atomic mass is 10.2. The van der Waals surface area contributed by atoms with E-state index in [0.29, 0.717) is 6.61 Å². The fourth-order valence-corrected chi connectivity index (χ4v) is 2.05. The molecule has 0 radical (unpaired) electrons. The van der Waals surface area contributed by atoms with Crippen LogP contribution in [0.15, 0.2) is 12.3 Å². The van der Waals surface area contributed by atoms with Crippen LogP contribution in [0, 0.1) is 0 Å². The van der Waals surface area contributed by atoms with Crippen molar-refractivity contribution in [1.82, 2.24) is 4.98 Å². The van der Waals surface area contributed by atoms with Gasteiger partial charge in [-0.3, -0.25) is 4.79 Å². The third-order valence-electron chi connectivity index (χ3n) is 2.42. The summed E-state index contributed by atoms with van der Waals surface area (Å²) in [6.07, 6.45) is -3.81. The van der Waals surface area contributed by atoms with E-state index in [9.17, 15) is 18.0 Å². The lowest BCUT2D eigenvalue weighted by Crippen LogP contribution is -2.22. The molecule has 20 heavy (non-hydrogen) atoms. The lowest BCUT2D eigenvalue weighted by molar-refractivity contribution is -0.139. The molecule has 0 aromatic carbocycles. The largest absolute Gasteiger partial charge is 0.478 e. The van der Waals surface area contributed by atoms with Gasteiger partial charge in [-0.2, -0.15) is 13.2 Å². The van der Waals surface area contributed by atoms with Gasteiger partial charge in [-0.05, 0) is 6.04 Å². The van der Waals surface area contributed by atoms with Gasteiger partial charge in [0.25, 0.3) is 6.47 Å². The Bertz CT molecular complexity index is 472. The van der Waals surface area contributed by atoms with Crippen molar-refractivity contribution in [2.75, 3.05) is 6.61 Å². The molecule has 0 N–H and O–H groups in total. The number of aromatic nitrogens is 1. The minimum atomic E-state index is -4.64. The number of halogens is 3. The highest BCUT2D eigenvalue weighted by Gasteiger charge is 2.35. The molecule has 0 saturated heterocycles. The molecule has 112 valence electrons. The number of carbonyl (C=O) groups is 1. The quantitative estimate of drug-likeness (QED) is 0.597. The minimum absolute atomic E-state index is 0.0714. The maximum Gasteiger partial charge on any atom is 0.420 e. The zero-order valence-electron chi connectivity index (χ0n) is 11.5. The molecular weight excluding hydrogens is 291 g/mol. The Kier molecular flexibility index (Phi) is 5.15. The van der Waals surface area contributed by atoms with Gasteiger partial charge in [0.1, 0.15) is 5.56 Å². The predicted octanol–water partition coefficient (Wildman–Crippen LogP) is 3.35. The van der Waals surface area contributed by atoms with Gasteiger partial charge in [0.2, 0.25) is 5.88 Å². The molecule has 0 aliphatic rings. The van der Waals surface area contributed by atoms with Crippen LogP contribution in [-0.4, -0.2) is 26.1 Å². The summed E-state index contributed by atoms with van der Waals surface area (Å²) >= 11 is 0. The Labute approximate surface area is 115 Å². The maximum absolute atomic E-state index is 12.8. The van der Waals surface area contributed by atoms with Gasteiger partial charge in [0.05, 0.1) is 12.8 Å². The van der Waals surface area contributed by atoms with Crippen LogP contribution in [0.3, 0.4) is 0 Å². The molecule has 0 saturated carbocycles. The topological polar surface area (TPSA) is 48.4 Å². The Morgan fingerprint density at radius 3 is 2.50 bits per heavy atom. The van der Waals surface area contributed by atoms with Gasteiger partial charge < -0.3 is 9.47 Å². The zero-order valence-corrected chi connectivity index (χ0v) is 12.5. The van der Waals surface area contributed by atoms with Crippen LogP contribution >= 0.6 is 0 Å². The molecule has 0 aliphatic carbocycles. The molecule has 8 heteroatoms. The van der Waals surface area contributed by atoms with E-state index in [1.54, 1.807) is 0 Å². The molecule has 4 nitrogen and oxygen atoms in total. The van der Waals surface area contributed by atoms with Crippen molar-refractivity contribution < 1.29 is 27.4 Å². The summed E-state index contributed by atoms with van der Waals surface area (Å²) in [4.78, 5) is 13.9. The van der Waals surface area contributed by atoms with Crippen molar-refractivity contribution in [3.05, 3.63) is 17.8 Å². The molecule has 0 fully saturated rings. The van der Waals surface area contributed by atoms with E-state index in [4.69, 9.17) is 4.74 Å². The number of nitrogens with zero attached hydrogens (tertiary/aromatic N) is 1. The van der Waals surface area contributed by atoms with E-state index in [0.717, 1.165) is 18.3 Å². The summed E-state index contributed by atoms with van der Waals surface area (Å²) in [5.41, 5.74) is -1.08. The van der Waals surface area contributed by atoms with Gasteiger partial charge in [0, 0.05) is 14.1 Å². The van der Waals surface area contributed by atoms with Crippen molar-refractivity contribution in [3.8, 4) is 11.6 Å². The molecule has 0 amide bonds. The molecule has 1 aromatic heterocycles. The van der Waals surface area contributed by atoms with Crippen molar-refractivity contribution in [2.45, 2.75) is 31.9 Å². The maximum atomic E-state index is 12.8. The number of ether oxygens (including phenoxy) is 2. The fraction of sp³-hybridized carbons (Fsp3) is 0.500. The summed E-state index contributed by atoms with van der Waals surface area (Å²) in [6.45, 7) is 6.63. The second-order valence-corrected chi connectivity index (χ2v) is 11.0. The summed E-state index contributed by atoms with van der Waals surface area (Å²) < 4.78 is 47.9. The molecule has 1 rings (SSSR count). The van der Waals surface area contributed by atoms with Gasteiger partial charge in [-0.15, -0.1) is 0 Å². The van der Waals surface area contributed by atoms with E-state index in [-0.39, 0.29) is 12.4 Å². The van der Waals surface area contributed by atoms with Crippen molar-refractivity contribution in [3.63, 3.8) is 0 Å². The van der Waals surface area contributed by atoms with E-state index in [1.807, 2.05) is 0 Å². The first kappa shape index (κ1) is 16.5. The average molecular weight is 307 g/mol. The van der Waals surface area contributed by atoms with Crippen molar-refractivity contribution in [2.24, 2.45) is 0 Å². The van der Waals surface area contributed by atoms with Crippen LogP contribution in [0.4, 0.5) is 13.2 Å². The highest BCUT2D eigenvalue weighted by molar-refractivity contribution is 6.76.